The van der Waals surface area contributed by atoms with Crippen LogP contribution >= 0.6 is 0 Å². The van der Waals surface area contributed by atoms with E-state index in [0.29, 0.717) is 5.82 Å². The molecular formula is C59H36N2. The number of hydrogen-bond acceptors (Lipinski definition) is 2. The van der Waals surface area contributed by atoms with Crippen LogP contribution in [0.2, 0.25) is 0 Å². The zero-order valence-electron chi connectivity index (χ0n) is 33.2. The Kier molecular flexibility index (Phi) is 7.26. The van der Waals surface area contributed by atoms with E-state index in [1.165, 1.54) is 88.0 Å². The van der Waals surface area contributed by atoms with Gasteiger partial charge in [-0.25, -0.2) is 9.97 Å². The maximum Gasteiger partial charge on any atom is 0.160 e. The summed E-state index contributed by atoms with van der Waals surface area (Å²) in [6.07, 6.45) is 0. The third-order valence-electron chi connectivity index (χ3n) is 13.3. The molecular weight excluding hydrogens is 737 g/mol. The Morgan fingerprint density at radius 1 is 0.279 bits per heavy atom. The Labute approximate surface area is 354 Å². The predicted octanol–water partition coefficient (Wildman–Crippen LogP) is 14.9. The lowest BCUT2D eigenvalue weighted by Crippen LogP contribution is -2.26. The normalized spacial score (nSPS) is 13.0. The van der Waals surface area contributed by atoms with Gasteiger partial charge in [0.05, 0.1) is 16.8 Å². The average Bonchev–Trinajstić information content (AvgIpc) is 3.80. The lowest BCUT2D eigenvalue weighted by Gasteiger charge is -2.31. The number of hydrogen-bond donors (Lipinski definition) is 0. The van der Waals surface area contributed by atoms with E-state index >= 15 is 0 Å². The number of nitrogens with zero attached hydrogens (tertiary/aromatic N) is 2. The zero-order chi connectivity index (χ0) is 40.1. The predicted molar refractivity (Wildman–Crippen MR) is 253 cm³/mol. The van der Waals surface area contributed by atoms with Gasteiger partial charge in [-0.2, -0.15) is 0 Å². The summed E-state index contributed by atoms with van der Waals surface area (Å²) in [5.74, 6) is 0.712. The third-order valence-corrected chi connectivity index (χ3v) is 13.3. The molecule has 282 valence electrons. The minimum absolute atomic E-state index is 0.465. The highest BCUT2D eigenvalue weighted by Crippen LogP contribution is 2.64. The number of benzene rings is 10. The summed E-state index contributed by atoms with van der Waals surface area (Å²) in [5.41, 5.74) is 17.5. The average molecular weight is 773 g/mol. The minimum atomic E-state index is -0.465. The molecule has 0 N–H and O–H groups in total. The topological polar surface area (TPSA) is 25.8 Å². The standard InChI is InChI=1S/C59H36N2/c1-2-16-40(17-3-1)58-60-55(36-56(61-58)47-26-14-20-37-15-6-7-21-43(37)47)39-31-29-38(30-32-39)49-35-54-57(48-25-9-8-22-44(48)49)50-33-41-18-4-5-19-42(41)34-53(50)59(54)51-27-12-10-23-45(51)46-24-11-13-28-52(46)59/h1-36H. The van der Waals surface area contributed by atoms with Crippen molar-refractivity contribution < 1.29 is 0 Å². The van der Waals surface area contributed by atoms with E-state index in [2.05, 4.69) is 200 Å². The summed E-state index contributed by atoms with van der Waals surface area (Å²) >= 11 is 0. The molecule has 0 fully saturated rings. The van der Waals surface area contributed by atoms with E-state index in [-0.39, 0.29) is 0 Å². The fourth-order valence-corrected chi connectivity index (χ4v) is 10.6. The molecule has 0 amide bonds. The van der Waals surface area contributed by atoms with E-state index in [0.717, 1.165) is 28.1 Å². The van der Waals surface area contributed by atoms with Gasteiger partial charge in [-0.1, -0.05) is 194 Å². The molecule has 1 heterocycles. The van der Waals surface area contributed by atoms with Crippen LogP contribution in [0, 0.1) is 0 Å². The van der Waals surface area contributed by atoms with Gasteiger partial charge < -0.3 is 0 Å². The first-order valence-electron chi connectivity index (χ1n) is 21.1. The van der Waals surface area contributed by atoms with Gasteiger partial charge in [-0.05, 0) is 112 Å². The highest BCUT2D eigenvalue weighted by Gasteiger charge is 2.52. The van der Waals surface area contributed by atoms with Crippen molar-refractivity contribution in [3.8, 4) is 67.3 Å². The van der Waals surface area contributed by atoms with Crippen LogP contribution in [-0.4, -0.2) is 9.97 Å². The molecule has 0 saturated carbocycles. The van der Waals surface area contributed by atoms with Gasteiger partial charge >= 0.3 is 0 Å². The smallest absolute Gasteiger partial charge is 0.160 e. The van der Waals surface area contributed by atoms with E-state index in [9.17, 15) is 0 Å². The van der Waals surface area contributed by atoms with Crippen LogP contribution in [0.25, 0.3) is 99.6 Å². The highest BCUT2D eigenvalue weighted by molar-refractivity contribution is 6.12. The summed E-state index contributed by atoms with van der Waals surface area (Å²) in [6.45, 7) is 0. The molecule has 2 heteroatoms. The van der Waals surface area contributed by atoms with E-state index in [1.54, 1.807) is 0 Å². The summed E-state index contributed by atoms with van der Waals surface area (Å²) < 4.78 is 0. The fraction of sp³-hybridized carbons (Fsp3) is 0.0169. The molecule has 0 aliphatic heterocycles. The molecule has 1 aromatic heterocycles. The maximum absolute atomic E-state index is 5.20. The van der Waals surface area contributed by atoms with Crippen LogP contribution in [0.5, 0.6) is 0 Å². The van der Waals surface area contributed by atoms with Crippen LogP contribution in [-0.2, 0) is 5.41 Å². The first kappa shape index (κ1) is 34.0. The summed E-state index contributed by atoms with van der Waals surface area (Å²) in [4.78, 5) is 10.4. The maximum atomic E-state index is 5.20. The Hall–Kier alpha value is -7.94. The second-order valence-corrected chi connectivity index (χ2v) is 16.4. The van der Waals surface area contributed by atoms with Gasteiger partial charge in [0.25, 0.3) is 0 Å². The Morgan fingerprint density at radius 2 is 0.836 bits per heavy atom. The quantitative estimate of drug-likeness (QED) is 0.178. The third kappa shape index (κ3) is 4.91. The van der Waals surface area contributed by atoms with Crippen molar-refractivity contribution in [2.75, 3.05) is 0 Å². The van der Waals surface area contributed by atoms with Crippen molar-refractivity contribution in [1.82, 2.24) is 9.97 Å². The van der Waals surface area contributed by atoms with E-state index in [4.69, 9.17) is 9.97 Å². The van der Waals surface area contributed by atoms with Crippen LogP contribution in [0.3, 0.4) is 0 Å². The zero-order valence-corrected chi connectivity index (χ0v) is 33.2. The molecule has 0 atom stereocenters. The molecule has 0 saturated heterocycles. The van der Waals surface area contributed by atoms with Crippen molar-refractivity contribution in [3.63, 3.8) is 0 Å². The van der Waals surface area contributed by atoms with E-state index < -0.39 is 5.41 Å². The Balaban J connectivity index is 1.03. The fourth-order valence-electron chi connectivity index (χ4n) is 10.6. The Morgan fingerprint density at radius 3 is 1.59 bits per heavy atom. The molecule has 13 rings (SSSR count). The monoisotopic (exact) mass is 772 g/mol. The number of fused-ring (bicyclic) bond motifs is 14. The van der Waals surface area contributed by atoms with Gasteiger partial charge in [-0.15, -0.1) is 0 Å². The molecule has 1 spiro atoms. The number of aromatic nitrogens is 2. The van der Waals surface area contributed by atoms with Gasteiger partial charge in [0, 0.05) is 16.7 Å². The number of rotatable bonds is 4. The van der Waals surface area contributed by atoms with Crippen LogP contribution in [0.4, 0.5) is 0 Å². The highest BCUT2D eigenvalue weighted by atomic mass is 14.9. The van der Waals surface area contributed by atoms with Crippen molar-refractivity contribution in [2.45, 2.75) is 5.41 Å². The SMILES string of the molecule is c1ccc(-c2nc(-c3ccc(-c4cc5c(c6ccccc46)-c4cc6ccccc6cc4C54c5ccccc5-c5ccccc54)cc3)cc(-c3cccc4ccccc34)n2)cc1. The minimum Gasteiger partial charge on any atom is -0.228 e. The largest absolute Gasteiger partial charge is 0.228 e. The molecule has 0 unspecified atom stereocenters. The molecule has 2 aliphatic carbocycles. The molecule has 2 nitrogen and oxygen atoms in total. The molecule has 0 bridgehead atoms. The summed E-state index contributed by atoms with van der Waals surface area (Å²) in [6, 6.07) is 79.9. The molecule has 2 aliphatic rings. The van der Waals surface area contributed by atoms with Gasteiger partial charge in [-0.3, -0.25) is 0 Å². The second kappa shape index (κ2) is 13.0. The first-order valence-corrected chi connectivity index (χ1v) is 21.1. The molecule has 0 radical (unpaired) electrons. The van der Waals surface area contributed by atoms with Crippen molar-refractivity contribution in [3.05, 3.63) is 241 Å². The van der Waals surface area contributed by atoms with Crippen LogP contribution < -0.4 is 0 Å². The summed E-state index contributed by atoms with van der Waals surface area (Å²) in [7, 11) is 0. The first-order chi connectivity index (χ1) is 30.2. The van der Waals surface area contributed by atoms with Crippen molar-refractivity contribution >= 4 is 32.3 Å². The van der Waals surface area contributed by atoms with E-state index in [1.807, 2.05) is 18.2 Å². The van der Waals surface area contributed by atoms with Gasteiger partial charge in [0.2, 0.25) is 0 Å². The second-order valence-electron chi connectivity index (χ2n) is 16.4. The molecule has 61 heavy (non-hydrogen) atoms. The van der Waals surface area contributed by atoms with Crippen molar-refractivity contribution in [1.29, 1.82) is 0 Å². The van der Waals surface area contributed by atoms with Gasteiger partial charge in [0.15, 0.2) is 5.82 Å². The van der Waals surface area contributed by atoms with Gasteiger partial charge in [0.1, 0.15) is 0 Å². The lowest BCUT2D eigenvalue weighted by molar-refractivity contribution is 0.796. The van der Waals surface area contributed by atoms with Crippen LogP contribution in [0.15, 0.2) is 218 Å². The molecule has 11 aromatic rings. The Bertz CT molecular complexity index is 3530. The van der Waals surface area contributed by atoms with Crippen LogP contribution in [0.1, 0.15) is 22.3 Å². The lowest BCUT2D eigenvalue weighted by atomic mass is 9.69. The molecule has 10 aromatic carbocycles. The summed E-state index contributed by atoms with van der Waals surface area (Å²) in [5, 5.41) is 7.41. The van der Waals surface area contributed by atoms with Crippen molar-refractivity contribution in [2.24, 2.45) is 0 Å².